The highest BCUT2D eigenvalue weighted by Gasteiger charge is 2.34. The van der Waals surface area contributed by atoms with E-state index in [-0.39, 0.29) is 6.29 Å². The van der Waals surface area contributed by atoms with Crippen LogP contribution in [0.4, 0.5) is 0 Å². The minimum Gasteiger partial charge on any atom is -0.459 e. The topological polar surface area (TPSA) is 82.6 Å². The Balaban J connectivity index is 0.000000664. The second kappa shape index (κ2) is 9.02. The van der Waals surface area contributed by atoms with Gasteiger partial charge in [-0.3, -0.25) is 14.6 Å². The van der Waals surface area contributed by atoms with E-state index in [1.807, 2.05) is 18.2 Å². The smallest absolute Gasteiger partial charge is 0.328 e. The van der Waals surface area contributed by atoms with Crippen molar-refractivity contribution < 1.29 is 23.9 Å². The van der Waals surface area contributed by atoms with Crippen LogP contribution in [0.1, 0.15) is 41.5 Å². The lowest BCUT2D eigenvalue weighted by Crippen LogP contribution is -2.37. The van der Waals surface area contributed by atoms with Gasteiger partial charge in [-0.25, -0.2) is 0 Å². The molecule has 0 aliphatic rings. The van der Waals surface area contributed by atoms with Crippen LogP contribution in [0.25, 0.3) is 0 Å². The van der Waals surface area contributed by atoms with Gasteiger partial charge in [0, 0.05) is 12.4 Å². The third-order valence-corrected chi connectivity index (χ3v) is 2.02. The number of carbonyl (C=O) groups excluding carboxylic acids is 3. The van der Waals surface area contributed by atoms with Crippen molar-refractivity contribution in [2.75, 3.05) is 0 Å². The highest BCUT2D eigenvalue weighted by Crippen LogP contribution is 2.14. The summed E-state index contributed by atoms with van der Waals surface area (Å²) < 4.78 is 9.91. The van der Waals surface area contributed by atoms with Gasteiger partial charge in [-0.1, -0.05) is 6.07 Å². The van der Waals surface area contributed by atoms with E-state index < -0.39 is 29.1 Å². The Morgan fingerprint density at radius 2 is 1.26 bits per heavy atom. The first kappa shape index (κ1) is 20.8. The summed E-state index contributed by atoms with van der Waals surface area (Å²) in [7, 11) is 0. The minimum atomic E-state index is -1.52. The van der Waals surface area contributed by atoms with Crippen molar-refractivity contribution in [1.82, 2.24) is 4.98 Å². The van der Waals surface area contributed by atoms with Crippen molar-refractivity contribution >= 4 is 18.2 Å². The lowest BCUT2D eigenvalue weighted by atomic mass is 10.1. The highest BCUT2D eigenvalue weighted by atomic mass is 16.6. The Morgan fingerprint density at radius 1 is 0.870 bits per heavy atom. The molecule has 0 aliphatic carbocycles. The Bertz CT molecular complexity index is 445. The molecule has 0 unspecified atom stereocenters. The largest absolute Gasteiger partial charge is 0.459 e. The Kier molecular flexibility index (Phi) is 8.15. The zero-order chi connectivity index (χ0) is 18.1. The Morgan fingerprint density at radius 3 is 1.43 bits per heavy atom. The number of pyridine rings is 1. The molecule has 0 spiro atoms. The monoisotopic (exact) mass is 323 g/mol. The number of aromatic nitrogens is 1. The van der Waals surface area contributed by atoms with E-state index >= 15 is 0 Å². The van der Waals surface area contributed by atoms with Gasteiger partial charge < -0.3 is 14.3 Å². The lowest BCUT2D eigenvalue weighted by molar-refractivity contribution is -0.173. The normalized spacial score (nSPS) is 11.1. The third kappa shape index (κ3) is 11.0. The first-order chi connectivity index (χ1) is 10.5. The molecule has 6 nitrogen and oxygen atoms in total. The number of hydrogen-bond donors (Lipinski definition) is 0. The Labute approximate surface area is 137 Å². The zero-order valence-corrected chi connectivity index (χ0v) is 14.5. The fourth-order valence-corrected chi connectivity index (χ4v) is 1.25. The summed E-state index contributed by atoms with van der Waals surface area (Å²) in [6.45, 7) is 9.93. The summed E-state index contributed by atoms with van der Waals surface area (Å²) in [6.07, 6.45) is 3.74. The van der Waals surface area contributed by atoms with Crippen LogP contribution in [0.3, 0.4) is 0 Å². The van der Waals surface area contributed by atoms with Gasteiger partial charge in [0.2, 0.25) is 5.92 Å². The maximum absolute atomic E-state index is 11.6. The third-order valence-electron chi connectivity index (χ3n) is 2.02. The summed E-state index contributed by atoms with van der Waals surface area (Å²) in [5.41, 5.74) is -1.50. The molecule has 1 heterocycles. The number of ether oxygens (including phenoxy) is 2. The van der Waals surface area contributed by atoms with Crippen LogP contribution in [0, 0.1) is 5.92 Å². The van der Waals surface area contributed by atoms with E-state index in [4.69, 9.17) is 9.47 Å². The van der Waals surface area contributed by atoms with Gasteiger partial charge in [0.15, 0.2) is 0 Å². The van der Waals surface area contributed by atoms with Gasteiger partial charge in [-0.2, -0.15) is 0 Å². The summed E-state index contributed by atoms with van der Waals surface area (Å²) in [5.74, 6) is -3.29. The fourth-order valence-electron chi connectivity index (χ4n) is 1.25. The molecule has 1 rings (SSSR count). The molecule has 0 aromatic carbocycles. The summed E-state index contributed by atoms with van der Waals surface area (Å²) in [5, 5.41) is 0. The number of nitrogens with zero attached hydrogens (tertiary/aromatic N) is 1. The number of hydrogen-bond acceptors (Lipinski definition) is 6. The molecule has 0 radical (unpaired) electrons. The Hall–Kier alpha value is -2.24. The first-order valence-corrected chi connectivity index (χ1v) is 7.22. The van der Waals surface area contributed by atoms with Crippen molar-refractivity contribution in [3.05, 3.63) is 30.6 Å². The average molecular weight is 323 g/mol. The molecular weight excluding hydrogens is 298 g/mol. The second-order valence-electron chi connectivity index (χ2n) is 6.71. The molecule has 0 fully saturated rings. The van der Waals surface area contributed by atoms with Crippen LogP contribution >= 0.6 is 0 Å². The SMILES string of the molecule is CC(C)(C)OC(=O)C(C=O)C(=O)OC(C)(C)C.c1ccncc1. The maximum Gasteiger partial charge on any atom is 0.328 e. The van der Waals surface area contributed by atoms with E-state index in [1.54, 1.807) is 53.9 Å². The molecule has 0 amide bonds. The molecule has 128 valence electrons. The number of aldehydes is 1. The predicted octanol–water partition coefficient (Wildman–Crippen LogP) is 2.57. The predicted molar refractivity (Wildman–Crippen MR) is 85.5 cm³/mol. The minimum absolute atomic E-state index is 0.238. The standard InChI is InChI=1S/C12H20O5.C5H5N/c1-11(2,3)16-9(14)8(7-13)10(15)17-12(4,5)6;1-2-4-6-5-3-1/h7-8H,1-6H3;1-5H. The fraction of sp³-hybridized carbons (Fsp3) is 0.529. The lowest BCUT2D eigenvalue weighted by Gasteiger charge is -2.24. The van der Waals surface area contributed by atoms with E-state index in [9.17, 15) is 14.4 Å². The molecule has 0 N–H and O–H groups in total. The summed E-state index contributed by atoms with van der Waals surface area (Å²) >= 11 is 0. The summed E-state index contributed by atoms with van der Waals surface area (Å²) in [4.78, 5) is 37.7. The van der Waals surface area contributed by atoms with Crippen molar-refractivity contribution in [3.8, 4) is 0 Å². The van der Waals surface area contributed by atoms with Crippen molar-refractivity contribution in [3.63, 3.8) is 0 Å². The molecule has 0 atom stereocenters. The summed E-state index contributed by atoms with van der Waals surface area (Å²) in [6, 6.07) is 5.72. The second-order valence-corrected chi connectivity index (χ2v) is 6.71. The molecule has 1 aromatic heterocycles. The van der Waals surface area contributed by atoms with Gasteiger partial charge in [-0.05, 0) is 53.7 Å². The molecule has 0 bridgehead atoms. The van der Waals surface area contributed by atoms with Gasteiger partial charge in [0.25, 0.3) is 0 Å². The molecule has 23 heavy (non-hydrogen) atoms. The first-order valence-electron chi connectivity index (χ1n) is 7.22. The van der Waals surface area contributed by atoms with E-state index in [2.05, 4.69) is 4.98 Å². The molecule has 1 aromatic rings. The van der Waals surface area contributed by atoms with Gasteiger partial charge in [-0.15, -0.1) is 0 Å². The molecule has 6 heteroatoms. The van der Waals surface area contributed by atoms with Crippen LogP contribution in [-0.2, 0) is 23.9 Å². The van der Waals surface area contributed by atoms with Crippen molar-refractivity contribution in [2.24, 2.45) is 5.92 Å². The average Bonchev–Trinajstić information content (AvgIpc) is 2.38. The van der Waals surface area contributed by atoms with Crippen molar-refractivity contribution in [1.29, 1.82) is 0 Å². The highest BCUT2D eigenvalue weighted by molar-refractivity contribution is 6.07. The zero-order valence-electron chi connectivity index (χ0n) is 14.5. The maximum atomic E-state index is 11.6. The number of carbonyl (C=O) groups is 3. The van der Waals surface area contributed by atoms with E-state index in [0.717, 1.165) is 0 Å². The van der Waals surface area contributed by atoms with Gasteiger partial charge >= 0.3 is 11.9 Å². The molecule has 0 saturated heterocycles. The van der Waals surface area contributed by atoms with Crippen molar-refractivity contribution in [2.45, 2.75) is 52.7 Å². The number of esters is 2. The van der Waals surface area contributed by atoms with Crippen LogP contribution in [-0.4, -0.2) is 34.4 Å². The molecule has 0 saturated carbocycles. The van der Waals surface area contributed by atoms with Crippen LogP contribution < -0.4 is 0 Å². The quantitative estimate of drug-likeness (QED) is 0.483. The number of rotatable bonds is 3. The van der Waals surface area contributed by atoms with Crippen LogP contribution in [0.2, 0.25) is 0 Å². The van der Waals surface area contributed by atoms with Gasteiger partial charge in [0.1, 0.15) is 17.5 Å². The van der Waals surface area contributed by atoms with Gasteiger partial charge in [0.05, 0.1) is 0 Å². The van der Waals surface area contributed by atoms with Crippen LogP contribution in [0.15, 0.2) is 30.6 Å². The van der Waals surface area contributed by atoms with E-state index in [0.29, 0.717) is 0 Å². The van der Waals surface area contributed by atoms with Crippen LogP contribution in [0.5, 0.6) is 0 Å². The van der Waals surface area contributed by atoms with E-state index in [1.165, 1.54) is 0 Å². The molecular formula is C17H25NO5. The molecule has 0 aliphatic heterocycles.